The van der Waals surface area contributed by atoms with Crippen molar-refractivity contribution >= 4 is 60.5 Å². The van der Waals surface area contributed by atoms with Crippen molar-refractivity contribution in [3.05, 3.63) is 223 Å². The van der Waals surface area contributed by atoms with Gasteiger partial charge in [0, 0.05) is 38.3 Å². The third-order valence-electron chi connectivity index (χ3n) is 13.1. The molecule has 0 aliphatic heterocycles. The monoisotopic (exact) mass is 779 g/mol. The Morgan fingerprint density at radius 3 is 1.69 bits per heavy atom. The number of benzene rings is 10. The Hall–Kier alpha value is -7.68. The van der Waals surface area contributed by atoms with Gasteiger partial charge >= 0.3 is 0 Å². The fourth-order valence-corrected chi connectivity index (χ4v) is 10.2. The van der Waals surface area contributed by atoms with Crippen LogP contribution in [0, 0.1) is 0 Å². The molecule has 2 nitrogen and oxygen atoms in total. The first-order valence-electron chi connectivity index (χ1n) is 21.2. The molecule has 0 saturated carbocycles. The largest absolute Gasteiger partial charge is 0.455 e. The third-order valence-corrected chi connectivity index (χ3v) is 13.1. The van der Waals surface area contributed by atoms with Crippen molar-refractivity contribution < 1.29 is 4.42 Å². The van der Waals surface area contributed by atoms with Crippen LogP contribution in [0.15, 0.2) is 217 Å². The van der Waals surface area contributed by atoms with Crippen LogP contribution in [0.1, 0.15) is 25.0 Å². The molecule has 0 amide bonds. The van der Waals surface area contributed by atoms with Gasteiger partial charge in [-0.05, 0) is 97.6 Å². The predicted octanol–water partition coefficient (Wildman–Crippen LogP) is 16.7. The van der Waals surface area contributed by atoms with Gasteiger partial charge in [-0.15, -0.1) is 0 Å². The van der Waals surface area contributed by atoms with Crippen molar-refractivity contribution in [2.24, 2.45) is 0 Å². The second kappa shape index (κ2) is 13.7. The predicted molar refractivity (Wildman–Crippen MR) is 257 cm³/mol. The Morgan fingerprint density at radius 2 is 0.934 bits per heavy atom. The number of rotatable bonds is 6. The average molecular weight is 780 g/mol. The molecule has 1 heterocycles. The normalized spacial score (nSPS) is 12.9. The smallest absolute Gasteiger partial charge is 0.143 e. The third kappa shape index (κ3) is 5.42. The number of anilines is 3. The Bertz CT molecular complexity index is 3520. The van der Waals surface area contributed by atoms with Crippen LogP contribution in [0.5, 0.6) is 0 Å². The molecule has 0 atom stereocenters. The highest BCUT2D eigenvalue weighted by Gasteiger charge is 2.38. The van der Waals surface area contributed by atoms with Gasteiger partial charge in [0.15, 0.2) is 0 Å². The molecule has 0 unspecified atom stereocenters. The van der Waals surface area contributed by atoms with E-state index in [0.717, 1.165) is 66.6 Å². The van der Waals surface area contributed by atoms with Gasteiger partial charge in [0.05, 0.1) is 17.1 Å². The minimum Gasteiger partial charge on any atom is -0.455 e. The molecule has 12 rings (SSSR count). The molecule has 2 heteroatoms. The zero-order valence-electron chi connectivity index (χ0n) is 34.1. The maximum absolute atomic E-state index is 6.75. The minimum absolute atomic E-state index is 0.163. The first-order valence-corrected chi connectivity index (χ1v) is 21.2. The molecule has 0 saturated heterocycles. The lowest BCUT2D eigenvalue weighted by molar-refractivity contribution is 0.661. The summed E-state index contributed by atoms with van der Waals surface area (Å²) in [4.78, 5) is 2.50. The Morgan fingerprint density at radius 1 is 0.377 bits per heavy atom. The first-order chi connectivity index (χ1) is 30.0. The zero-order chi connectivity index (χ0) is 40.7. The van der Waals surface area contributed by atoms with E-state index in [4.69, 9.17) is 4.42 Å². The topological polar surface area (TPSA) is 16.4 Å². The van der Waals surface area contributed by atoms with Crippen LogP contribution in [-0.2, 0) is 5.41 Å². The number of hydrogen-bond acceptors (Lipinski definition) is 2. The molecule has 0 fully saturated rings. The lowest BCUT2D eigenvalue weighted by atomic mass is 9.81. The second-order valence-electron chi connectivity index (χ2n) is 16.8. The van der Waals surface area contributed by atoms with Crippen LogP contribution in [0.3, 0.4) is 0 Å². The maximum Gasteiger partial charge on any atom is 0.143 e. The van der Waals surface area contributed by atoms with E-state index in [1.807, 2.05) is 0 Å². The van der Waals surface area contributed by atoms with Crippen LogP contribution >= 0.6 is 0 Å². The summed E-state index contributed by atoms with van der Waals surface area (Å²) in [6.07, 6.45) is 0. The van der Waals surface area contributed by atoms with Crippen molar-refractivity contribution in [2.75, 3.05) is 4.90 Å². The lowest BCUT2D eigenvalue weighted by Gasteiger charge is -2.32. The fourth-order valence-electron chi connectivity index (χ4n) is 10.2. The summed E-state index contributed by atoms with van der Waals surface area (Å²) in [5.41, 5.74) is 17.2. The quantitative estimate of drug-likeness (QED) is 0.167. The van der Waals surface area contributed by atoms with E-state index in [1.54, 1.807) is 0 Å². The summed E-state index contributed by atoms with van der Waals surface area (Å²) in [5, 5.41) is 7.06. The second-order valence-corrected chi connectivity index (χ2v) is 16.8. The number of para-hydroxylation sites is 3. The Kier molecular flexibility index (Phi) is 7.92. The summed E-state index contributed by atoms with van der Waals surface area (Å²) in [6, 6.07) is 77.4. The molecule has 1 aliphatic carbocycles. The van der Waals surface area contributed by atoms with Crippen molar-refractivity contribution in [1.82, 2.24) is 0 Å². The van der Waals surface area contributed by atoms with Crippen LogP contribution in [0.4, 0.5) is 17.1 Å². The summed E-state index contributed by atoms with van der Waals surface area (Å²) in [7, 11) is 0. The molecular formula is C59H41NO. The minimum atomic E-state index is -0.163. The standard InChI is InChI=1S/C59H41NO/c1-59(2)50-29-16-27-46(56(50)49-36-40-21-6-7-22-41(40)37-51(49)59)44-25-11-14-31-53(44)60(52-30-13-10-23-42(52)38-18-4-3-5-19-38)54-32-15-12-26-45(54)47-28-17-33-55-57(47)48-35-34-39-20-8-9-24-43(39)58(48)61-55/h3-37H,1-2H3. The van der Waals surface area contributed by atoms with Crippen molar-refractivity contribution in [2.45, 2.75) is 19.3 Å². The molecule has 1 aliphatic rings. The highest BCUT2D eigenvalue weighted by atomic mass is 16.3. The van der Waals surface area contributed by atoms with Gasteiger partial charge < -0.3 is 9.32 Å². The van der Waals surface area contributed by atoms with Gasteiger partial charge in [-0.3, -0.25) is 0 Å². The van der Waals surface area contributed by atoms with Crippen LogP contribution in [0.25, 0.3) is 88.0 Å². The number of furan rings is 1. The van der Waals surface area contributed by atoms with E-state index in [9.17, 15) is 0 Å². The lowest BCUT2D eigenvalue weighted by Crippen LogP contribution is -2.15. The first kappa shape index (κ1) is 35.3. The van der Waals surface area contributed by atoms with E-state index in [-0.39, 0.29) is 5.41 Å². The van der Waals surface area contributed by atoms with Gasteiger partial charge in [0.1, 0.15) is 11.2 Å². The van der Waals surface area contributed by atoms with Gasteiger partial charge in [-0.1, -0.05) is 184 Å². The SMILES string of the molecule is CC1(C)c2cc3ccccc3cc2-c2c(-c3ccccc3N(c3ccccc3-c3ccccc3)c3ccccc3-c3cccc4oc5c6ccccc6ccc5c34)cccc21. The number of fused-ring (bicyclic) bond motifs is 9. The van der Waals surface area contributed by atoms with E-state index < -0.39 is 0 Å². The number of hydrogen-bond donors (Lipinski definition) is 0. The van der Waals surface area contributed by atoms with Gasteiger partial charge in [0.2, 0.25) is 0 Å². The molecule has 0 spiro atoms. The summed E-state index contributed by atoms with van der Waals surface area (Å²) < 4.78 is 6.75. The fraction of sp³-hybridized carbons (Fsp3) is 0.0508. The molecule has 288 valence electrons. The average Bonchev–Trinajstić information content (AvgIpc) is 3.81. The van der Waals surface area contributed by atoms with Crippen LogP contribution < -0.4 is 4.90 Å². The maximum atomic E-state index is 6.75. The summed E-state index contributed by atoms with van der Waals surface area (Å²) in [5.74, 6) is 0. The van der Waals surface area contributed by atoms with Crippen molar-refractivity contribution in [3.63, 3.8) is 0 Å². The molecule has 0 radical (unpaired) electrons. The number of nitrogens with zero attached hydrogens (tertiary/aromatic N) is 1. The molecule has 0 N–H and O–H groups in total. The van der Waals surface area contributed by atoms with Gasteiger partial charge in [0.25, 0.3) is 0 Å². The molecule has 10 aromatic carbocycles. The Labute approximate surface area is 355 Å². The van der Waals surface area contributed by atoms with Crippen molar-refractivity contribution in [1.29, 1.82) is 0 Å². The van der Waals surface area contributed by atoms with E-state index in [2.05, 4.69) is 231 Å². The molecule has 11 aromatic rings. The molecular weight excluding hydrogens is 739 g/mol. The summed E-state index contributed by atoms with van der Waals surface area (Å²) >= 11 is 0. The summed E-state index contributed by atoms with van der Waals surface area (Å²) in [6.45, 7) is 4.76. The van der Waals surface area contributed by atoms with Gasteiger partial charge in [-0.2, -0.15) is 0 Å². The zero-order valence-corrected chi connectivity index (χ0v) is 34.1. The van der Waals surface area contributed by atoms with Crippen LogP contribution in [-0.4, -0.2) is 0 Å². The molecule has 0 bridgehead atoms. The highest BCUT2D eigenvalue weighted by Crippen LogP contribution is 2.56. The Balaban J connectivity index is 1.15. The highest BCUT2D eigenvalue weighted by molar-refractivity contribution is 6.20. The molecule has 61 heavy (non-hydrogen) atoms. The van der Waals surface area contributed by atoms with Crippen molar-refractivity contribution in [3.8, 4) is 44.5 Å². The molecule has 1 aromatic heterocycles. The van der Waals surface area contributed by atoms with E-state index >= 15 is 0 Å². The van der Waals surface area contributed by atoms with Crippen LogP contribution in [0.2, 0.25) is 0 Å². The van der Waals surface area contributed by atoms with E-state index in [0.29, 0.717) is 0 Å². The van der Waals surface area contributed by atoms with Gasteiger partial charge in [-0.25, -0.2) is 0 Å². The van der Waals surface area contributed by atoms with E-state index in [1.165, 1.54) is 49.5 Å².